The Hall–Kier alpha value is -3.29. The van der Waals surface area contributed by atoms with Crippen molar-refractivity contribution in [2.24, 2.45) is 0 Å². The summed E-state index contributed by atoms with van der Waals surface area (Å²) >= 11 is 0. The molecule has 0 saturated heterocycles. The standard InChI is InChI=1S/C26H31N3O5/c1-26(2)9-8-19-20(34-26)14-21(23-17-6-3-4-7-18(17)25(31)33-24(19)23)32-15-22(30)28-10-5-12-29-13-11-27-16-29/h11,13-14,16H,3-10,12,15H2,1-2H3,(H,28,30). The summed E-state index contributed by atoms with van der Waals surface area (Å²) in [5.74, 6) is 1.02. The van der Waals surface area contributed by atoms with Gasteiger partial charge in [-0.1, -0.05) is 0 Å². The lowest BCUT2D eigenvalue weighted by molar-refractivity contribution is -0.123. The number of aromatic nitrogens is 2. The third kappa shape index (κ3) is 4.54. The van der Waals surface area contributed by atoms with Gasteiger partial charge in [0.15, 0.2) is 6.61 Å². The SMILES string of the molecule is CC1(C)CCc2c(cc(OCC(=O)NCCCn3ccnc3)c3c4c(c(=O)oc23)CCCC4)O1. The monoisotopic (exact) mass is 465 g/mol. The van der Waals surface area contributed by atoms with Gasteiger partial charge in [-0.3, -0.25) is 4.79 Å². The first-order valence-electron chi connectivity index (χ1n) is 12.1. The van der Waals surface area contributed by atoms with E-state index in [2.05, 4.69) is 10.3 Å². The lowest BCUT2D eigenvalue weighted by Crippen LogP contribution is -2.33. The smallest absolute Gasteiger partial charge is 0.339 e. The van der Waals surface area contributed by atoms with E-state index in [1.54, 1.807) is 12.5 Å². The molecule has 8 heteroatoms. The van der Waals surface area contributed by atoms with Gasteiger partial charge < -0.3 is 23.8 Å². The average Bonchev–Trinajstić information content (AvgIpc) is 3.33. The number of aryl methyl sites for hydroxylation is 3. The van der Waals surface area contributed by atoms with Crippen LogP contribution >= 0.6 is 0 Å². The Balaban J connectivity index is 1.39. The van der Waals surface area contributed by atoms with Gasteiger partial charge >= 0.3 is 5.63 Å². The van der Waals surface area contributed by atoms with Crippen molar-refractivity contribution < 1.29 is 18.7 Å². The average molecular weight is 466 g/mol. The van der Waals surface area contributed by atoms with Crippen molar-refractivity contribution >= 4 is 16.9 Å². The maximum absolute atomic E-state index is 12.8. The molecule has 0 unspecified atom stereocenters. The van der Waals surface area contributed by atoms with Crippen LogP contribution in [0.3, 0.4) is 0 Å². The van der Waals surface area contributed by atoms with Crippen molar-refractivity contribution in [1.29, 1.82) is 0 Å². The lowest BCUT2D eigenvalue weighted by Gasteiger charge is -2.33. The van der Waals surface area contributed by atoms with Crippen molar-refractivity contribution in [3.8, 4) is 11.5 Å². The Morgan fingerprint density at radius 1 is 1.21 bits per heavy atom. The summed E-state index contributed by atoms with van der Waals surface area (Å²) in [5, 5.41) is 3.73. The number of hydrogen-bond acceptors (Lipinski definition) is 6. The van der Waals surface area contributed by atoms with E-state index in [-0.39, 0.29) is 23.7 Å². The fraction of sp³-hybridized carbons (Fsp3) is 0.500. The topological polar surface area (TPSA) is 95.6 Å². The van der Waals surface area contributed by atoms with Crippen LogP contribution in [0, 0.1) is 0 Å². The minimum Gasteiger partial charge on any atom is -0.487 e. The molecular formula is C26H31N3O5. The minimum atomic E-state index is -0.320. The summed E-state index contributed by atoms with van der Waals surface area (Å²) < 4.78 is 20.1. The van der Waals surface area contributed by atoms with Crippen LogP contribution in [0.15, 0.2) is 34.0 Å². The van der Waals surface area contributed by atoms with E-state index in [0.29, 0.717) is 30.0 Å². The Morgan fingerprint density at radius 2 is 2.03 bits per heavy atom. The van der Waals surface area contributed by atoms with Gasteiger partial charge in [-0.2, -0.15) is 0 Å². The van der Waals surface area contributed by atoms with Gasteiger partial charge in [-0.05, 0) is 64.4 Å². The number of imidazole rings is 1. The summed E-state index contributed by atoms with van der Waals surface area (Å²) in [6.07, 6.45) is 11.3. The van der Waals surface area contributed by atoms with Gasteiger partial charge in [-0.25, -0.2) is 9.78 Å². The first kappa shape index (κ1) is 22.5. The van der Waals surface area contributed by atoms with E-state index in [1.807, 2.05) is 30.7 Å². The molecule has 3 aromatic rings. The highest BCUT2D eigenvalue weighted by Gasteiger charge is 2.32. The zero-order chi connectivity index (χ0) is 23.7. The van der Waals surface area contributed by atoms with Crippen LogP contribution in [0.25, 0.3) is 11.0 Å². The minimum absolute atomic E-state index is 0.115. The third-order valence-electron chi connectivity index (χ3n) is 6.71. The number of fused-ring (bicyclic) bond motifs is 5. The van der Waals surface area contributed by atoms with Crippen molar-refractivity contribution in [2.45, 2.75) is 70.9 Å². The van der Waals surface area contributed by atoms with Crippen LogP contribution in [0.4, 0.5) is 0 Å². The van der Waals surface area contributed by atoms with E-state index in [1.165, 1.54) is 0 Å². The van der Waals surface area contributed by atoms with Crippen LogP contribution in [-0.2, 0) is 30.6 Å². The highest BCUT2D eigenvalue weighted by Crippen LogP contribution is 2.44. The van der Waals surface area contributed by atoms with E-state index in [9.17, 15) is 9.59 Å². The molecule has 1 amide bonds. The summed E-state index contributed by atoms with van der Waals surface area (Å²) in [4.78, 5) is 29.3. The van der Waals surface area contributed by atoms with Crippen LogP contribution in [0.5, 0.6) is 11.5 Å². The van der Waals surface area contributed by atoms with E-state index < -0.39 is 0 Å². The summed E-state index contributed by atoms with van der Waals surface area (Å²) in [7, 11) is 0. The first-order chi connectivity index (χ1) is 16.4. The highest BCUT2D eigenvalue weighted by molar-refractivity contribution is 5.92. The maximum Gasteiger partial charge on any atom is 0.339 e. The molecular weight excluding hydrogens is 434 g/mol. The molecule has 1 N–H and O–H groups in total. The number of rotatable bonds is 7. The number of hydrogen-bond donors (Lipinski definition) is 1. The Kier molecular flexibility index (Phi) is 6.06. The van der Waals surface area contributed by atoms with E-state index in [0.717, 1.165) is 67.1 Å². The fourth-order valence-corrected chi connectivity index (χ4v) is 4.93. The zero-order valence-electron chi connectivity index (χ0n) is 19.8. The molecule has 1 aliphatic heterocycles. The highest BCUT2D eigenvalue weighted by atomic mass is 16.5. The molecule has 3 heterocycles. The number of amides is 1. The molecule has 0 radical (unpaired) electrons. The van der Waals surface area contributed by atoms with Crippen LogP contribution in [0.2, 0.25) is 0 Å². The number of carbonyl (C=O) groups excluding carboxylic acids is 1. The summed E-state index contributed by atoms with van der Waals surface area (Å²) in [6.45, 7) is 5.31. The molecule has 0 saturated carbocycles. The molecule has 34 heavy (non-hydrogen) atoms. The number of ether oxygens (including phenoxy) is 2. The number of nitrogens with one attached hydrogen (secondary N) is 1. The van der Waals surface area contributed by atoms with Crippen molar-refractivity contribution in [2.75, 3.05) is 13.2 Å². The molecule has 1 aromatic carbocycles. The van der Waals surface area contributed by atoms with Crippen LogP contribution < -0.4 is 20.4 Å². The van der Waals surface area contributed by atoms with Crippen molar-refractivity contribution in [1.82, 2.24) is 14.9 Å². The second-order valence-corrected chi connectivity index (χ2v) is 9.76. The predicted molar refractivity (Wildman–Crippen MR) is 128 cm³/mol. The Labute approximate surface area is 198 Å². The zero-order valence-corrected chi connectivity index (χ0v) is 19.8. The summed E-state index contributed by atoms with van der Waals surface area (Å²) in [5.41, 5.74) is 2.62. The van der Waals surface area contributed by atoms with Gasteiger partial charge in [-0.15, -0.1) is 0 Å². The molecule has 0 fully saturated rings. The van der Waals surface area contributed by atoms with Crippen LogP contribution in [-0.4, -0.2) is 34.2 Å². The van der Waals surface area contributed by atoms with Gasteiger partial charge in [0.2, 0.25) is 0 Å². The molecule has 2 aliphatic rings. The molecule has 0 bridgehead atoms. The van der Waals surface area contributed by atoms with Crippen molar-refractivity contribution in [3.05, 3.63) is 51.9 Å². The van der Waals surface area contributed by atoms with Gasteiger partial charge in [0.05, 0.1) is 11.7 Å². The number of benzene rings is 1. The molecule has 0 spiro atoms. The third-order valence-corrected chi connectivity index (χ3v) is 6.71. The molecule has 0 atom stereocenters. The maximum atomic E-state index is 12.8. The molecule has 5 rings (SSSR count). The molecule has 2 aromatic heterocycles. The van der Waals surface area contributed by atoms with Crippen molar-refractivity contribution in [3.63, 3.8) is 0 Å². The quantitative estimate of drug-likeness (QED) is 0.423. The molecule has 1 aliphatic carbocycles. The molecule has 180 valence electrons. The lowest BCUT2D eigenvalue weighted by atomic mass is 9.87. The second kappa shape index (κ2) is 9.16. The number of carbonyl (C=O) groups is 1. The second-order valence-electron chi connectivity index (χ2n) is 9.76. The summed E-state index contributed by atoms with van der Waals surface area (Å²) in [6, 6.07) is 1.87. The first-order valence-corrected chi connectivity index (χ1v) is 12.1. The normalized spacial score (nSPS) is 16.4. The number of nitrogens with zero attached hydrogens (tertiary/aromatic N) is 2. The van der Waals surface area contributed by atoms with Gasteiger partial charge in [0.25, 0.3) is 5.91 Å². The van der Waals surface area contributed by atoms with E-state index in [4.69, 9.17) is 13.9 Å². The predicted octanol–water partition coefficient (Wildman–Crippen LogP) is 3.56. The van der Waals surface area contributed by atoms with Gasteiger partial charge in [0.1, 0.15) is 22.7 Å². The Bertz CT molecular complexity index is 1260. The van der Waals surface area contributed by atoms with Crippen LogP contribution in [0.1, 0.15) is 56.2 Å². The van der Waals surface area contributed by atoms with Gasteiger partial charge in [0, 0.05) is 42.7 Å². The fourth-order valence-electron chi connectivity index (χ4n) is 4.93. The molecule has 8 nitrogen and oxygen atoms in total. The Morgan fingerprint density at radius 3 is 2.82 bits per heavy atom. The van der Waals surface area contributed by atoms with E-state index >= 15 is 0 Å². The largest absolute Gasteiger partial charge is 0.487 e.